The molecule has 0 bridgehead atoms. The van der Waals surface area contributed by atoms with Gasteiger partial charge in [-0.15, -0.1) is 11.3 Å². The van der Waals surface area contributed by atoms with Gasteiger partial charge in [0.05, 0.1) is 5.69 Å². The number of hydrogen-bond acceptors (Lipinski definition) is 4. The Labute approximate surface area is 104 Å². The molecule has 0 unspecified atom stereocenters. The van der Waals surface area contributed by atoms with E-state index in [9.17, 15) is 4.79 Å². The second-order valence-electron chi connectivity index (χ2n) is 3.60. The minimum atomic E-state index is -0.336. The van der Waals surface area contributed by atoms with E-state index < -0.39 is 0 Å². The molecular weight excluding hydrogens is 236 g/mol. The minimum Gasteiger partial charge on any atom is -0.455 e. The number of nitrogen functional groups attached to an aromatic ring is 1. The van der Waals surface area contributed by atoms with Crippen LogP contribution in [0.4, 0.5) is 5.69 Å². The fourth-order valence-corrected chi connectivity index (χ4v) is 2.19. The fraction of sp³-hybridized carbons (Fsp3) is 0.250. The number of aromatic nitrogens is 1. The summed E-state index contributed by atoms with van der Waals surface area (Å²) in [5.41, 5.74) is 6.74. The molecule has 90 valence electrons. The van der Waals surface area contributed by atoms with Crippen LogP contribution in [0.3, 0.4) is 0 Å². The third-order valence-corrected chi connectivity index (χ3v) is 3.24. The Kier molecular flexibility index (Phi) is 3.49. The van der Waals surface area contributed by atoms with E-state index in [4.69, 9.17) is 10.5 Å². The fourth-order valence-electron chi connectivity index (χ4n) is 1.57. The number of hydrogen-bond donors (Lipinski definition) is 1. The van der Waals surface area contributed by atoms with Crippen LogP contribution in [0.5, 0.6) is 0 Å². The molecule has 0 fully saturated rings. The highest BCUT2D eigenvalue weighted by Crippen LogP contribution is 2.14. The first-order chi connectivity index (χ1) is 8.20. The van der Waals surface area contributed by atoms with Crippen molar-refractivity contribution in [3.8, 4) is 0 Å². The monoisotopic (exact) mass is 250 g/mol. The van der Waals surface area contributed by atoms with Crippen LogP contribution >= 0.6 is 11.3 Å². The second-order valence-corrected chi connectivity index (χ2v) is 4.63. The van der Waals surface area contributed by atoms with Crippen LogP contribution in [0.2, 0.25) is 0 Å². The first kappa shape index (κ1) is 11.7. The maximum Gasteiger partial charge on any atom is 0.355 e. The highest BCUT2D eigenvalue weighted by molar-refractivity contribution is 7.09. The lowest BCUT2D eigenvalue weighted by Crippen LogP contribution is -2.10. The van der Waals surface area contributed by atoms with Crippen LogP contribution in [-0.4, -0.2) is 10.5 Å². The summed E-state index contributed by atoms with van der Waals surface area (Å²) in [5, 5.41) is 1.95. The molecule has 0 saturated carbocycles. The van der Waals surface area contributed by atoms with Gasteiger partial charge in [0, 0.05) is 17.6 Å². The normalized spacial score (nSPS) is 10.4. The van der Waals surface area contributed by atoms with Gasteiger partial charge in [-0.2, -0.15) is 0 Å². The summed E-state index contributed by atoms with van der Waals surface area (Å²) in [5.74, 6) is -0.336. The summed E-state index contributed by atoms with van der Waals surface area (Å²) >= 11 is 1.57. The number of ether oxygens (including phenoxy) is 1. The molecule has 2 aromatic heterocycles. The molecular formula is C12H14N2O2S. The van der Waals surface area contributed by atoms with Crippen molar-refractivity contribution in [1.29, 1.82) is 0 Å². The molecule has 2 N–H and O–H groups in total. The number of esters is 1. The lowest BCUT2D eigenvalue weighted by atomic mass is 10.4. The molecule has 0 aromatic carbocycles. The zero-order valence-corrected chi connectivity index (χ0v) is 10.4. The Hall–Kier alpha value is -1.75. The summed E-state index contributed by atoms with van der Waals surface area (Å²) in [6, 6.07) is 5.51. The molecule has 0 aliphatic carbocycles. The standard InChI is InChI=1S/C12H14N2O2S/c1-2-14-7-9(13)6-11(14)12(15)16-8-10-4-3-5-17-10/h3-7H,2,8,13H2,1H3. The van der Waals surface area contributed by atoms with Gasteiger partial charge in [0.25, 0.3) is 0 Å². The minimum absolute atomic E-state index is 0.311. The zero-order valence-electron chi connectivity index (χ0n) is 9.55. The number of thiophene rings is 1. The van der Waals surface area contributed by atoms with Crippen LogP contribution in [0.15, 0.2) is 29.8 Å². The molecule has 0 aliphatic rings. The van der Waals surface area contributed by atoms with E-state index in [0.29, 0.717) is 24.5 Å². The van der Waals surface area contributed by atoms with Crippen molar-refractivity contribution in [1.82, 2.24) is 4.57 Å². The molecule has 0 atom stereocenters. The van der Waals surface area contributed by atoms with Crippen molar-refractivity contribution in [3.05, 3.63) is 40.3 Å². The highest BCUT2D eigenvalue weighted by atomic mass is 32.1. The van der Waals surface area contributed by atoms with Gasteiger partial charge in [0.15, 0.2) is 0 Å². The average Bonchev–Trinajstić information content (AvgIpc) is 2.94. The predicted octanol–water partition coefficient (Wildman–Crippen LogP) is 2.51. The van der Waals surface area contributed by atoms with Gasteiger partial charge >= 0.3 is 5.97 Å². The molecule has 0 saturated heterocycles. The van der Waals surface area contributed by atoms with Crippen molar-refractivity contribution in [2.75, 3.05) is 5.73 Å². The number of nitrogens with zero attached hydrogens (tertiary/aromatic N) is 1. The number of aryl methyl sites for hydroxylation is 1. The van der Waals surface area contributed by atoms with Gasteiger partial charge in [-0.3, -0.25) is 0 Å². The van der Waals surface area contributed by atoms with Gasteiger partial charge < -0.3 is 15.0 Å². The largest absolute Gasteiger partial charge is 0.455 e. The van der Waals surface area contributed by atoms with Crippen molar-refractivity contribution < 1.29 is 9.53 Å². The van der Waals surface area contributed by atoms with Gasteiger partial charge in [-0.1, -0.05) is 6.07 Å². The van der Waals surface area contributed by atoms with Crippen molar-refractivity contribution >= 4 is 23.0 Å². The van der Waals surface area contributed by atoms with E-state index in [0.717, 1.165) is 4.88 Å². The van der Waals surface area contributed by atoms with Gasteiger partial charge in [-0.25, -0.2) is 4.79 Å². The van der Waals surface area contributed by atoms with Crippen molar-refractivity contribution in [3.63, 3.8) is 0 Å². The Balaban J connectivity index is 2.04. The molecule has 2 aromatic rings. The Bertz CT molecular complexity index is 503. The molecule has 0 aliphatic heterocycles. The smallest absolute Gasteiger partial charge is 0.355 e. The number of carbonyl (C=O) groups excluding carboxylic acids is 1. The summed E-state index contributed by atoms with van der Waals surface area (Å²) in [6.07, 6.45) is 1.74. The van der Waals surface area contributed by atoms with Crippen molar-refractivity contribution in [2.24, 2.45) is 0 Å². The van der Waals surface area contributed by atoms with E-state index in [-0.39, 0.29) is 5.97 Å². The van der Waals surface area contributed by atoms with E-state index in [1.54, 1.807) is 28.2 Å². The topological polar surface area (TPSA) is 57.2 Å². The quantitative estimate of drug-likeness (QED) is 0.848. The summed E-state index contributed by atoms with van der Waals surface area (Å²) < 4.78 is 7.01. The number of anilines is 1. The Morgan fingerprint density at radius 1 is 1.59 bits per heavy atom. The molecule has 17 heavy (non-hydrogen) atoms. The van der Waals surface area contributed by atoms with Crippen LogP contribution in [-0.2, 0) is 17.9 Å². The lowest BCUT2D eigenvalue weighted by molar-refractivity contribution is 0.0464. The lowest BCUT2D eigenvalue weighted by Gasteiger charge is -2.05. The number of nitrogens with two attached hydrogens (primary N) is 1. The third kappa shape index (κ3) is 2.68. The molecule has 2 heterocycles. The van der Waals surface area contributed by atoms with Crippen LogP contribution in [0.25, 0.3) is 0 Å². The Morgan fingerprint density at radius 2 is 2.41 bits per heavy atom. The number of carbonyl (C=O) groups is 1. The summed E-state index contributed by atoms with van der Waals surface area (Å²) in [4.78, 5) is 12.9. The maximum absolute atomic E-state index is 11.8. The van der Waals surface area contributed by atoms with Crippen LogP contribution < -0.4 is 5.73 Å². The summed E-state index contributed by atoms with van der Waals surface area (Å²) in [7, 11) is 0. The van der Waals surface area contributed by atoms with E-state index in [2.05, 4.69) is 0 Å². The average molecular weight is 250 g/mol. The van der Waals surface area contributed by atoms with Gasteiger partial charge in [-0.05, 0) is 24.4 Å². The molecule has 0 radical (unpaired) electrons. The molecule has 0 amide bonds. The SMILES string of the molecule is CCn1cc(N)cc1C(=O)OCc1cccs1. The van der Waals surface area contributed by atoms with E-state index >= 15 is 0 Å². The van der Waals surface area contributed by atoms with Crippen LogP contribution in [0, 0.1) is 0 Å². The number of rotatable bonds is 4. The van der Waals surface area contributed by atoms with Crippen LogP contribution in [0.1, 0.15) is 22.3 Å². The van der Waals surface area contributed by atoms with Crippen molar-refractivity contribution in [2.45, 2.75) is 20.1 Å². The third-order valence-electron chi connectivity index (χ3n) is 2.39. The second kappa shape index (κ2) is 5.05. The Morgan fingerprint density at radius 3 is 3.06 bits per heavy atom. The van der Waals surface area contributed by atoms with E-state index in [1.165, 1.54) is 0 Å². The highest BCUT2D eigenvalue weighted by Gasteiger charge is 2.13. The molecule has 5 heteroatoms. The predicted molar refractivity (Wildman–Crippen MR) is 68.0 cm³/mol. The first-order valence-corrected chi connectivity index (χ1v) is 6.24. The van der Waals surface area contributed by atoms with E-state index in [1.807, 2.05) is 24.4 Å². The zero-order chi connectivity index (χ0) is 12.3. The molecule has 2 rings (SSSR count). The molecule has 0 spiro atoms. The maximum atomic E-state index is 11.8. The van der Waals surface area contributed by atoms with Gasteiger partial charge in [0.2, 0.25) is 0 Å². The first-order valence-electron chi connectivity index (χ1n) is 5.36. The summed E-state index contributed by atoms with van der Waals surface area (Å²) in [6.45, 7) is 2.96. The van der Waals surface area contributed by atoms with Gasteiger partial charge in [0.1, 0.15) is 12.3 Å². The molecule has 4 nitrogen and oxygen atoms in total.